The Bertz CT molecular complexity index is 531. The summed E-state index contributed by atoms with van der Waals surface area (Å²) in [6, 6.07) is 1.56. The molecule has 1 aromatic rings. The van der Waals surface area contributed by atoms with Gasteiger partial charge in [-0.05, 0) is 31.6 Å². The normalized spacial score (nSPS) is 16.2. The summed E-state index contributed by atoms with van der Waals surface area (Å²) < 4.78 is 1.41. The first-order valence-corrected chi connectivity index (χ1v) is 7.93. The van der Waals surface area contributed by atoms with Gasteiger partial charge in [-0.15, -0.1) is 0 Å². The van der Waals surface area contributed by atoms with Crippen LogP contribution in [-0.2, 0) is 17.8 Å². The fourth-order valence-corrected chi connectivity index (χ4v) is 2.58. The summed E-state index contributed by atoms with van der Waals surface area (Å²) in [6.07, 6.45) is 6.55. The summed E-state index contributed by atoms with van der Waals surface area (Å²) in [5.74, 6) is 0.711. The van der Waals surface area contributed by atoms with Gasteiger partial charge in [-0.1, -0.05) is 20.3 Å². The molecule has 0 unspecified atom stereocenters. The molecule has 2 heterocycles. The number of hydrogen-bond acceptors (Lipinski definition) is 3. The Morgan fingerprint density at radius 3 is 2.71 bits per heavy atom. The number of aryl methyl sites for hydroxylation is 1. The maximum Gasteiger partial charge on any atom is 0.253 e. The van der Waals surface area contributed by atoms with E-state index in [-0.39, 0.29) is 18.0 Å². The second-order valence-electron chi connectivity index (χ2n) is 6.01. The van der Waals surface area contributed by atoms with Gasteiger partial charge in [0.15, 0.2) is 0 Å². The predicted octanol–water partition coefficient (Wildman–Crippen LogP) is 1.84. The summed E-state index contributed by atoms with van der Waals surface area (Å²) in [7, 11) is 0. The van der Waals surface area contributed by atoms with Gasteiger partial charge in [0.2, 0.25) is 5.91 Å². The van der Waals surface area contributed by atoms with Gasteiger partial charge in [-0.2, -0.15) is 0 Å². The average Bonchev–Trinajstić information content (AvgIpc) is 2.48. The Hall–Kier alpha value is -1.65. The van der Waals surface area contributed by atoms with Gasteiger partial charge >= 0.3 is 0 Å². The molecule has 0 N–H and O–H groups in total. The molecule has 0 atom stereocenters. The lowest BCUT2D eigenvalue weighted by atomic mass is 9.99. The summed E-state index contributed by atoms with van der Waals surface area (Å²) in [5.41, 5.74) is 0.687. The highest BCUT2D eigenvalue weighted by Crippen LogP contribution is 2.16. The summed E-state index contributed by atoms with van der Waals surface area (Å²) in [4.78, 5) is 30.4. The van der Waals surface area contributed by atoms with E-state index >= 15 is 0 Å². The number of carbonyl (C=O) groups is 1. The lowest BCUT2D eigenvalue weighted by Crippen LogP contribution is -2.41. The van der Waals surface area contributed by atoms with Crippen LogP contribution in [-0.4, -0.2) is 33.4 Å². The monoisotopic (exact) mass is 291 g/mol. The molecule has 1 amide bonds. The van der Waals surface area contributed by atoms with E-state index < -0.39 is 0 Å². The van der Waals surface area contributed by atoms with Gasteiger partial charge in [-0.3, -0.25) is 14.2 Å². The number of amides is 1. The smallest absolute Gasteiger partial charge is 0.253 e. The number of rotatable bonds is 5. The van der Waals surface area contributed by atoms with Gasteiger partial charge < -0.3 is 4.90 Å². The van der Waals surface area contributed by atoms with E-state index in [4.69, 9.17) is 0 Å². The number of piperidine rings is 1. The van der Waals surface area contributed by atoms with Crippen LogP contribution in [0.25, 0.3) is 0 Å². The molecule has 1 aromatic heterocycles. The van der Waals surface area contributed by atoms with Gasteiger partial charge in [0, 0.05) is 24.8 Å². The highest BCUT2D eigenvalue weighted by molar-refractivity contribution is 5.76. The van der Waals surface area contributed by atoms with Crippen molar-refractivity contribution < 1.29 is 4.79 Å². The fourth-order valence-electron chi connectivity index (χ4n) is 2.58. The average molecular weight is 291 g/mol. The van der Waals surface area contributed by atoms with Crippen molar-refractivity contribution in [2.75, 3.05) is 13.1 Å². The minimum Gasteiger partial charge on any atom is -0.341 e. The van der Waals surface area contributed by atoms with Crippen molar-refractivity contribution in [1.29, 1.82) is 0 Å². The van der Waals surface area contributed by atoms with Gasteiger partial charge in [0.1, 0.15) is 6.54 Å². The largest absolute Gasteiger partial charge is 0.341 e. The maximum absolute atomic E-state index is 12.2. The zero-order valence-electron chi connectivity index (χ0n) is 13.0. The van der Waals surface area contributed by atoms with E-state index in [1.165, 1.54) is 10.9 Å². The molecule has 1 aliphatic rings. The molecule has 0 aliphatic carbocycles. The molecule has 0 radical (unpaired) electrons. The highest BCUT2D eigenvalue weighted by Gasteiger charge is 2.20. The molecule has 2 rings (SSSR count). The van der Waals surface area contributed by atoms with Crippen LogP contribution >= 0.6 is 0 Å². The van der Waals surface area contributed by atoms with E-state index in [0.29, 0.717) is 5.92 Å². The molecule has 0 spiro atoms. The minimum atomic E-state index is -0.130. The van der Waals surface area contributed by atoms with Crippen LogP contribution in [0.15, 0.2) is 17.2 Å². The second-order valence-corrected chi connectivity index (χ2v) is 6.01. The van der Waals surface area contributed by atoms with E-state index in [9.17, 15) is 9.59 Å². The third-order valence-corrected chi connectivity index (χ3v) is 4.16. The molecule has 0 aromatic carbocycles. The number of likely N-dealkylation sites (tertiary alicyclic amines) is 1. The number of unbranched alkanes of at least 4 members (excludes halogenated alkanes) is 1. The van der Waals surface area contributed by atoms with E-state index in [2.05, 4.69) is 18.8 Å². The molecule has 1 fully saturated rings. The van der Waals surface area contributed by atoms with Crippen molar-refractivity contribution in [1.82, 2.24) is 14.5 Å². The number of hydrogen-bond donors (Lipinski definition) is 0. The summed E-state index contributed by atoms with van der Waals surface area (Å²) in [6.45, 7) is 6.03. The van der Waals surface area contributed by atoms with Crippen LogP contribution in [0.4, 0.5) is 0 Å². The maximum atomic E-state index is 12.2. The fraction of sp³-hybridized carbons (Fsp3) is 0.688. The van der Waals surface area contributed by atoms with Gasteiger partial charge in [0.25, 0.3) is 5.56 Å². The molecule has 5 heteroatoms. The van der Waals surface area contributed by atoms with Gasteiger partial charge in [-0.25, -0.2) is 4.98 Å². The SMILES string of the molecule is CCCCc1cc(=O)n(CC(=O)N2CCC(C)CC2)cn1. The Morgan fingerprint density at radius 2 is 2.10 bits per heavy atom. The van der Waals surface area contributed by atoms with Crippen LogP contribution in [0, 0.1) is 5.92 Å². The zero-order valence-corrected chi connectivity index (χ0v) is 13.0. The first-order valence-electron chi connectivity index (χ1n) is 7.93. The minimum absolute atomic E-state index is 0.0205. The third kappa shape index (κ3) is 4.41. The van der Waals surface area contributed by atoms with Crippen LogP contribution in [0.5, 0.6) is 0 Å². The van der Waals surface area contributed by atoms with Crippen molar-refractivity contribution >= 4 is 5.91 Å². The van der Waals surface area contributed by atoms with Crippen molar-refractivity contribution in [3.63, 3.8) is 0 Å². The van der Waals surface area contributed by atoms with Crippen LogP contribution in [0.3, 0.4) is 0 Å². The van der Waals surface area contributed by atoms with Crippen LogP contribution < -0.4 is 5.56 Å². The number of nitrogens with zero attached hydrogens (tertiary/aromatic N) is 3. The molecule has 5 nitrogen and oxygen atoms in total. The summed E-state index contributed by atoms with van der Waals surface area (Å²) >= 11 is 0. The van der Waals surface area contributed by atoms with E-state index in [0.717, 1.165) is 50.9 Å². The molecule has 0 saturated carbocycles. The molecule has 1 saturated heterocycles. The first-order chi connectivity index (χ1) is 10.1. The Morgan fingerprint density at radius 1 is 1.38 bits per heavy atom. The van der Waals surface area contributed by atoms with Crippen molar-refractivity contribution in [2.24, 2.45) is 5.92 Å². The Labute approximate surface area is 126 Å². The molecular weight excluding hydrogens is 266 g/mol. The zero-order chi connectivity index (χ0) is 15.2. The van der Waals surface area contributed by atoms with E-state index in [1.54, 1.807) is 6.07 Å². The standard InChI is InChI=1S/C16H25N3O2/c1-3-4-5-14-10-15(20)19(12-17-14)11-16(21)18-8-6-13(2)7-9-18/h10,12-13H,3-9,11H2,1-2H3. The molecule has 21 heavy (non-hydrogen) atoms. The predicted molar refractivity (Wildman–Crippen MR) is 82.1 cm³/mol. The first kappa shape index (κ1) is 15.7. The van der Waals surface area contributed by atoms with Crippen molar-refractivity contribution in [2.45, 2.75) is 52.5 Å². The van der Waals surface area contributed by atoms with Crippen LogP contribution in [0.2, 0.25) is 0 Å². The number of carbonyl (C=O) groups excluding carboxylic acids is 1. The van der Waals surface area contributed by atoms with Crippen molar-refractivity contribution in [3.8, 4) is 0 Å². The Balaban J connectivity index is 1.96. The quantitative estimate of drug-likeness (QED) is 0.832. The molecule has 1 aliphatic heterocycles. The van der Waals surface area contributed by atoms with E-state index in [1.807, 2.05) is 4.90 Å². The van der Waals surface area contributed by atoms with Crippen LogP contribution in [0.1, 0.15) is 45.2 Å². The highest BCUT2D eigenvalue weighted by atomic mass is 16.2. The molecular formula is C16H25N3O2. The third-order valence-electron chi connectivity index (χ3n) is 4.16. The molecule has 116 valence electrons. The van der Waals surface area contributed by atoms with Gasteiger partial charge in [0.05, 0.1) is 6.33 Å². The molecule has 0 bridgehead atoms. The lowest BCUT2D eigenvalue weighted by Gasteiger charge is -2.30. The summed E-state index contributed by atoms with van der Waals surface area (Å²) in [5, 5.41) is 0. The number of aromatic nitrogens is 2. The van der Waals surface area contributed by atoms with Crippen molar-refractivity contribution in [3.05, 3.63) is 28.4 Å². The second kappa shape index (κ2) is 7.38. The Kier molecular flexibility index (Phi) is 5.53. The topological polar surface area (TPSA) is 55.2 Å². The lowest BCUT2D eigenvalue weighted by molar-refractivity contribution is -0.133.